The van der Waals surface area contributed by atoms with Gasteiger partial charge in [-0.15, -0.1) is 0 Å². The van der Waals surface area contributed by atoms with Crippen LogP contribution < -0.4 is 11.1 Å². The maximum absolute atomic E-state index is 13.1. The molecular weight excluding hydrogens is 259 g/mol. The molecule has 0 aliphatic heterocycles. The standard InChI is InChI=1S/C15H13FN2O2/c1-9(19)10-2-5-12(6-3-10)18-15(20)13-8-11(16)4-7-14(13)17/h2-8H,17H2,1H3,(H,18,20). The number of anilines is 2. The molecule has 4 nitrogen and oxygen atoms in total. The molecule has 102 valence electrons. The highest BCUT2D eigenvalue weighted by molar-refractivity contribution is 6.07. The van der Waals surface area contributed by atoms with Crippen LogP contribution in [-0.4, -0.2) is 11.7 Å². The molecule has 0 saturated heterocycles. The van der Waals surface area contributed by atoms with Gasteiger partial charge in [-0.25, -0.2) is 4.39 Å². The van der Waals surface area contributed by atoms with E-state index in [0.717, 1.165) is 6.07 Å². The van der Waals surface area contributed by atoms with E-state index in [0.29, 0.717) is 11.3 Å². The van der Waals surface area contributed by atoms with Crippen LogP contribution in [0.2, 0.25) is 0 Å². The zero-order chi connectivity index (χ0) is 14.7. The summed E-state index contributed by atoms with van der Waals surface area (Å²) in [6, 6.07) is 10.0. The van der Waals surface area contributed by atoms with Crippen molar-refractivity contribution in [3.05, 3.63) is 59.4 Å². The fraction of sp³-hybridized carbons (Fsp3) is 0.0667. The number of amides is 1. The fourth-order valence-electron chi connectivity index (χ4n) is 1.71. The first-order valence-electron chi connectivity index (χ1n) is 5.95. The molecule has 5 heteroatoms. The van der Waals surface area contributed by atoms with E-state index in [2.05, 4.69) is 5.32 Å². The van der Waals surface area contributed by atoms with Gasteiger partial charge in [0.1, 0.15) is 5.82 Å². The van der Waals surface area contributed by atoms with Crippen LogP contribution in [0.5, 0.6) is 0 Å². The monoisotopic (exact) mass is 272 g/mol. The van der Waals surface area contributed by atoms with Gasteiger partial charge in [0.2, 0.25) is 0 Å². The lowest BCUT2D eigenvalue weighted by Gasteiger charge is -2.08. The Balaban J connectivity index is 2.19. The summed E-state index contributed by atoms with van der Waals surface area (Å²) in [4.78, 5) is 23.1. The zero-order valence-electron chi connectivity index (χ0n) is 10.8. The SMILES string of the molecule is CC(=O)c1ccc(NC(=O)c2cc(F)ccc2N)cc1. The van der Waals surface area contributed by atoms with Gasteiger partial charge in [0.15, 0.2) is 5.78 Å². The van der Waals surface area contributed by atoms with Crippen molar-refractivity contribution in [3.63, 3.8) is 0 Å². The number of benzene rings is 2. The molecule has 2 aromatic rings. The first kappa shape index (κ1) is 13.7. The van der Waals surface area contributed by atoms with Gasteiger partial charge in [-0.3, -0.25) is 9.59 Å². The predicted octanol–water partition coefficient (Wildman–Crippen LogP) is 2.86. The number of nitrogens with one attached hydrogen (secondary N) is 1. The second kappa shape index (κ2) is 5.52. The summed E-state index contributed by atoms with van der Waals surface area (Å²) in [5.41, 5.74) is 6.96. The molecule has 0 aromatic heterocycles. The molecule has 0 saturated carbocycles. The molecule has 0 aliphatic rings. The topological polar surface area (TPSA) is 72.2 Å². The minimum atomic E-state index is -0.531. The molecule has 0 aliphatic carbocycles. The molecule has 0 fully saturated rings. The molecule has 3 N–H and O–H groups in total. The number of halogens is 1. The van der Waals surface area contributed by atoms with E-state index < -0.39 is 11.7 Å². The van der Waals surface area contributed by atoms with Crippen LogP contribution in [0.4, 0.5) is 15.8 Å². The third-order valence-electron chi connectivity index (χ3n) is 2.81. The minimum Gasteiger partial charge on any atom is -0.398 e. The Labute approximate surface area is 115 Å². The Kier molecular flexibility index (Phi) is 3.79. The molecule has 1 amide bonds. The van der Waals surface area contributed by atoms with E-state index in [1.807, 2.05) is 0 Å². The van der Waals surface area contributed by atoms with Crippen LogP contribution in [0.15, 0.2) is 42.5 Å². The highest BCUT2D eigenvalue weighted by Gasteiger charge is 2.11. The summed E-state index contributed by atoms with van der Waals surface area (Å²) in [6.45, 7) is 1.46. The van der Waals surface area contributed by atoms with E-state index in [9.17, 15) is 14.0 Å². The Morgan fingerprint density at radius 3 is 2.35 bits per heavy atom. The normalized spacial score (nSPS) is 10.1. The van der Waals surface area contributed by atoms with E-state index in [1.165, 1.54) is 19.1 Å². The van der Waals surface area contributed by atoms with Crippen molar-refractivity contribution in [2.24, 2.45) is 0 Å². The van der Waals surface area contributed by atoms with Crippen molar-refractivity contribution in [2.75, 3.05) is 11.1 Å². The smallest absolute Gasteiger partial charge is 0.257 e. The maximum atomic E-state index is 13.1. The third-order valence-corrected chi connectivity index (χ3v) is 2.81. The number of hydrogen-bond acceptors (Lipinski definition) is 3. The summed E-state index contributed by atoms with van der Waals surface area (Å²) in [5.74, 6) is -1.09. The van der Waals surface area contributed by atoms with Gasteiger partial charge >= 0.3 is 0 Å². The van der Waals surface area contributed by atoms with Crippen LogP contribution in [0, 0.1) is 5.82 Å². The third kappa shape index (κ3) is 3.00. The number of nitrogens with two attached hydrogens (primary N) is 1. The van der Waals surface area contributed by atoms with Gasteiger partial charge in [0.25, 0.3) is 5.91 Å². The first-order chi connectivity index (χ1) is 9.47. The maximum Gasteiger partial charge on any atom is 0.257 e. The number of Topliss-reactive ketones (excluding diaryl/α,β-unsaturated/α-hetero) is 1. The lowest BCUT2D eigenvalue weighted by molar-refractivity contribution is 0.101. The van der Waals surface area contributed by atoms with Gasteiger partial charge < -0.3 is 11.1 Å². The fourth-order valence-corrected chi connectivity index (χ4v) is 1.71. The predicted molar refractivity (Wildman–Crippen MR) is 75.2 cm³/mol. The van der Waals surface area contributed by atoms with Gasteiger partial charge in [-0.2, -0.15) is 0 Å². The second-order valence-electron chi connectivity index (χ2n) is 4.32. The molecule has 0 unspecified atom stereocenters. The molecule has 0 radical (unpaired) electrons. The van der Waals surface area contributed by atoms with Crippen molar-refractivity contribution in [3.8, 4) is 0 Å². The van der Waals surface area contributed by atoms with Crippen molar-refractivity contribution >= 4 is 23.1 Å². The number of carbonyl (C=O) groups excluding carboxylic acids is 2. The Morgan fingerprint density at radius 1 is 1.10 bits per heavy atom. The van der Waals surface area contributed by atoms with E-state index in [4.69, 9.17) is 5.73 Å². The van der Waals surface area contributed by atoms with Crippen molar-refractivity contribution in [1.82, 2.24) is 0 Å². The van der Waals surface area contributed by atoms with Crippen LogP contribution in [0.3, 0.4) is 0 Å². The van der Waals surface area contributed by atoms with Gasteiger partial charge in [0.05, 0.1) is 5.56 Å². The highest BCUT2D eigenvalue weighted by atomic mass is 19.1. The second-order valence-corrected chi connectivity index (χ2v) is 4.32. The van der Waals surface area contributed by atoms with Gasteiger partial charge in [-0.1, -0.05) is 0 Å². The average Bonchev–Trinajstić information content (AvgIpc) is 2.42. The summed E-state index contributed by atoms with van der Waals surface area (Å²) in [7, 11) is 0. The summed E-state index contributed by atoms with van der Waals surface area (Å²) >= 11 is 0. The van der Waals surface area contributed by atoms with Crippen LogP contribution in [-0.2, 0) is 0 Å². The Hall–Kier alpha value is -2.69. The quantitative estimate of drug-likeness (QED) is 0.666. The lowest BCUT2D eigenvalue weighted by Crippen LogP contribution is -2.14. The highest BCUT2D eigenvalue weighted by Crippen LogP contribution is 2.16. The molecule has 20 heavy (non-hydrogen) atoms. The number of ketones is 1. The molecule has 2 rings (SSSR count). The summed E-state index contributed by atoms with van der Waals surface area (Å²) in [6.07, 6.45) is 0. The van der Waals surface area contributed by atoms with Crippen molar-refractivity contribution in [2.45, 2.75) is 6.92 Å². The molecular formula is C15H13FN2O2. The van der Waals surface area contributed by atoms with Crippen LogP contribution in [0.25, 0.3) is 0 Å². The summed E-state index contributed by atoms with van der Waals surface area (Å²) < 4.78 is 13.1. The molecule has 0 heterocycles. The molecule has 0 spiro atoms. The van der Waals surface area contributed by atoms with Crippen LogP contribution >= 0.6 is 0 Å². The number of carbonyl (C=O) groups is 2. The number of hydrogen-bond donors (Lipinski definition) is 2. The van der Waals surface area contributed by atoms with Crippen LogP contribution in [0.1, 0.15) is 27.6 Å². The largest absolute Gasteiger partial charge is 0.398 e. The zero-order valence-corrected chi connectivity index (χ0v) is 10.8. The van der Waals surface area contributed by atoms with Crippen molar-refractivity contribution in [1.29, 1.82) is 0 Å². The molecule has 0 bridgehead atoms. The van der Waals surface area contributed by atoms with Gasteiger partial charge in [0, 0.05) is 16.9 Å². The first-order valence-corrected chi connectivity index (χ1v) is 5.95. The Morgan fingerprint density at radius 2 is 1.75 bits per heavy atom. The van der Waals surface area contributed by atoms with E-state index in [1.54, 1.807) is 24.3 Å². The average molecular weight is 272 g/mol. The van der Waals surface area contributed by atoms with E-state index in [-0.39, 0.29) is 17.0 Å². The van der Waals surface area contributed by atoms with Crippen molar-refractivity contribution < 1.29 is 14.0 Å². The number of nitrogen functional groups attached to an aromatic ring is 1. The molecule has 2 aromatic carbocycles. The van der Waals surface area contributed by atoms with E-state index >= 15 is 0 Å². The number of rotatable bonds is 3. The Bertz CT molecular complexity index is 666. The minimum absolute atomic E-state index is 0.0581. The molecule has 0 atom stereocenters. The van der Waals surface area contributed by atoms with Gasteiger partial charge in [-0.05, 0) is 49.4 Å². The summed E-state index contributed by atoms with van der Waals surface area (Å²) in [5, 5.41) is 2.60. The lowest BCUT2D eigenvalue weighted by atomic mass is 10.1.